The van der Waals surface area contributed by atoms with E-state index in [0.717, 1.165) is 55.9 Å². The van der Waals surface area contributed by atoms with E-state index in [1.54, 1.807) is 0 Å². The Hall–Kier alpha value is -2.13. The average Bonchev–Trinajstić information content (AvgIpc) is 2.81. The second-order valence-corrected chi connectivity index (χ2v) is 16.6. The standard InChI is InChI=1S/C34H47O2S2.BF4/c1-14-38-30-23(15-21-17-25(31(2,3)4)35-26(18-21)32(5,6)7)29(37)24(30)16-22-19-27(33(8,9)10)36-28(20-22)34(11,12)13;2-1(3,4)5/h15-20H,14H2,1-13H3;/q+1;-1. The summed E-state index contributed by atoms with van der Waals surface area (Å²) in [5.74, 6) is 4.93. The molecule has 9 heteroatoms. The molecule has 0 saturated heterocycles. The fourth-order valence-electron chi connectivity index (χ4n) is 4.02. The van der Waals surface area contributed by atoms with Gasteiger partial charge in [-0.2, -0.15) is 0 Å². The van der Waals surface area contributed by atoms with Crippen molar-refractivity contribution in [1.82, 2.24) is 0 Å². The van der Waals surface area contributed by atoms with Gasteiger partial charge in [-0.3, -0.25) is 0 Å². The van der Waals surface area contributed by atoms with Crippen molar-refractivity contribution in [2.45, 2.75) is 101 Å². The first kappa shape index (κ1) is 37.1. The molecular formula is C34H47BF4O2S2. The minimum absolute atomic E-state index is 0.0850. The first-order chi connectivity index (χ1) is 19.2. The summed E-state index contributed by atoms with van der Waals surface area (Å²) in [5, 5.41) is 0. The number of halogens is 4. The molecule has 0 saturated carbocycles. The summed E-state index contributed by atoms with van der Waals surface area (Å²) in [7, 11) is -6.00. The van der Waals surface area contributed by atoms with Crippen molar-refractivity contribution in [3.63, 3.8) is 0 Å². The Morgan fingerprint density at radius 2 is 1.19 bits per heavy atom. The Balaban J connectivity index is 0.00000119. The second kappa shape index (κ2) is 13.1. The topological polar surface area (TPSA) is 20.5 Å². The van der Waals surface area contributed by atoms with Crippen molar-refractivity contribution in [2.75, 3.05) is 5.75 Å². The van der Waals surface area contributed by atoms with Crippen LogP contribution in [0.2, 0.25) is 0 Å². The van der Waals surface area contributed by atoms with Crippen molar-refractivity contribution in [3.8, 4) is 0 Å². The van der Waals surface area contributed by atoms with Crippen LogP contribution < -0.4 is 0 Å². The van der Waals surface area contributed by atoms with Gasteiger partial charge in [0.15, 0.2) is 0 Å². The number of hydrogen-bond acceptors (Lipinski definition) is 3. The molecule has 0 amide bonds. The zero-order valence-electron chi connectivity index (χ0n) is 27.9. The Kier molecular flexibility index (Phi) is 11.3. The number of thioether (sulfide) groups is 1. The van der Waals surface area contributed by atoms with E-state index in [9.17, 15) is 17.3 Å². The van der Waals surface area contributed by atoms with E-state index in [2.05, 4.69) is 126 Å². The highest BCUT2D eigenvalue weighted by molar-refractivity contribution is 8.03. The van der Waals surface area contributed by atoms with Crippen LogP contribution in [0.15, 0.2) is 67.9 Å². The predicted molar refractivity (Wildman–Crippen MR) is 181 cm³/mol. The minimum atomic E-state index is -6.00. The molecule has 2 aliphatic rings. The monoisotopic (exact) mass is 638 g/mol. The summed E-state index contributed by atoms with van der Waals surface area (Å²) in [4.78, 5) is 2.19. The van der Waals surface area contributed by atoms with Gasteiger partial charge in [-0.1, -0.05) is 60.7 Å². The number of thiocarbonyl (C=S) groups is 1. The van der Waals surface area contributed by atoms with Gasteiger partial charge in [-0.15, -0.1) is 11.8 Å². The zero-order chi connectivity index (χ0) is 33.3. The minimum Gasteiger partial charge on any atom is -0.465 e. The summed E-state index contributed by atoms with van der Waals surface area (Å²) in [6.45, 7) is 28.5. The van der Waals surface area contributed by atoms with E-state index < -0.39 is 7.25 Å². The average molecular weight is 639 g/mol. The van der Waals surface area contributed by atoms with Gasteiger partial charge in [-0.25, -0.2) is 4.42 Å². The van der Waals surface area contributed by atoms with Gasteiger partial charge in [0.25, 0.3) is 0 Å². The SMILES string of the molecule is CCSC1=C(C=C2C=C(C(C)(C)C)OC(C(C)(C)C)=C2)C(=S)/C1=C\c1cc(C(C)(C)C)[o+]c(C(C)(C)C)c1.F[B-](F)(F)F. The Morgan fingerprint density at radius 3 is 1.53 bits per heavy atom. The molecule has 0 atom stereocenters. The smallest absolute Gasteiger partial charge is 0.465 e. The first-order valence-electron chi connectivity index (χ1n) is 14.6. The molecule has 0 unspecified atom stereocenters. The van der Waals surface area contributed by atoms with Crippen molar-refractivity contribution >= 4 is 42.2 Å². The van der Waals surface area contributed by atoms with E-state index >= 15 is 0 Å². The molecule has 0 N–H and O–H groups in total. The lowest BCUT2D eigenvalue weighted by Crippen LogP contribution is -2.22. The largest absolute Gasteiger partial charge is 0.673 e. The van der Waals surface area contributed by atoms with Crippen LogP contribution in [0.25, 0.3) is 6.08 Å². The van der Waals surface area contributed by atoms with E-state index in [1.807, 2.05) is 11.8 Å². The molecule has 0 spiro atoms. The molecule has 0 fully saturated rings. The zero-order valence-corrected chi connectivity index (χ0v) is 29.5. The molecule has 2 nitrogen and oxygen atoms in total. The predicted octanol–water partition coefficient (Wildman–Crippen LogP) is 12.0. The normalized spacial score (nSPS) is 17.6. The van der Waals surface area contributed by atoms with Crippen molar-refractivity contribution in [3.05, 3.63) is 80.6 Å². The lowest BCUT2D eigenvalue weighted by atomic mass is 9.84. The van der Waals surface area contributed by atoms with Gasteiger partial charge in [-0.05, 0) is 82.7 Å². The molecule has 0 aromatic carbocycles. The molecule has 1 aliphatic carbocycles. The van der Waals surface area contributed by atoms with E-state index in [0.29, 0.717) is 0 Å². The van der Waals surface area contributed by atoms with Gasteiger partial charge in [0, 0.05) is 39.0 Å². The van der Waals surface area contributed by atoms with Crippen LogP contribution >= 0.6 is 24.0 Å². The highest BCUT2D eigenvalue weighted by Crippen LogP contribution is 2.44. The lowest BCUT2D eigenvalue weighted by molar-refractivity contribution is 0.161. The summed E-state index contributed by atoms with van der Waals surface area (Å²) < 4.78 is 51.7. The highest BCUT2D eigenvalue weighted by atomic mass is 32.2. The molecule has 1 aromatic rings. The Bertz CT molecular complexity index is 1320. The molecule has 3 rings (SSSR count). The third-order valence-corrected chi connectivity index (χ3v) is 7.93. The van der Waals surface area contributed by atoms with Crippen LogP contribution in [-0.4, -0.2) is 17.9 Å². The van der Waals surface area contributed by atoms with Crippen LogP contribution in [0.1, 0.15) is 107 Å². The molecular weight excluding hydrogens is 591 g/mol. The highest BCUT2D eigenvalue weighted by Gasteiger charge is 2.35. The molecule has 1 aliphatic heterocycles. The maximum absolute atomic E-state index is 9.75. The molecule has 0 radical (unpaired) electrons. The molecule has 0 bridgehead atoms. The van der Waals surface area contributed by atoms with Crippen LogP contribution in [-0.2, 0) is 15.6 Å². The fraction of sp³-hybridized carbons (Fsp3) is 0.529. The first-order valence-corrected chi connectivity index (χ1v) is 16.0. The van der Waals surface area contributed by atoms with Gasteiger partial charge >= 0.3 is 18.8 Å². The quantitative estimate of drug-likeness (QED) is 0.107. The molecule has 238 valence electrons. The second-order valence-electron chi connectivity index (χ2n) is 14.9. The summed E-state index contributed by atoms with van der Waals surface area (Å²) in [5.41, 5.74) is 4.24. The third kappa shape index (κ3) is 10.8. The maximum atomic E-state index is 9.75. The number of hydrogen-bond donors (Lipinski definition) is 0. The van der Waals surface area contributed by atoms with E-state index in [4.69, 9.17) is 21.4 Å². The Morgan fingerprint density at radius 1 is 0.767 bits per heavy atom. The van der Waals surface area contributed by atoms with E-state index in [-0.39, 0.29) is 21.7 Å². The molecule has 43 heavy (non-hydrogen) atoms. The summed E-state index contributed by atoms with van der Waals surface area (Å²) in [6.07, 6.45) is 8.84. The molecule has 1 aromatic heterocycles. The Labute approximate surface area is 265 Å². The van der Waals surface area contributed by atoms with Gasteiger partial charge < -0.3 is 22.0 Å². The van der Waals surface area contributed by atoms with Crippen molar-refractivity contribution in [1.29, 1.82) is 0 Å². The fourth-order valence-corrected chi connectivity index (χ4v) is 5.39. The summed E-state index contributed by atoms with van der Waals surface area (Å²) >= 11 is 7.88. The van der Waals surface area contributed by atoms with E-state index in [1.165, 1.54) is 4.91 Å². The van der Waals surface area contributed by atoms with Crippen LogP contribution in [0.4, 0.5) is 17.3 Å². The maximum Gasteiger partial charge on any atom is 0.673 e. The van der Waals surface area contributed by atoms with Gasteiger partial charge in [0.05, 0.1) is 15.7 Å². The van der Waals surface area contributed by atoms with Crippen LogP contribution in [0, 0.1) is 10.8 Å². The van der Waals surface area contributed by atoms with Crippen molar-refractivity contribution in [2.24, 2.45) is 10.8 Å². The number of rotatable bonds is 4. The van der Waals surface area contributed by atoms with Crippen molar-refractivity contribution < 1.29 is 26.4 Å². The van der Waals surface area contributed by atoms with Crippen LogP contribution in [0.5, 0.6) is 0 Å². The van der Waals surface area contributed by atoms with Gasteiger partial charge in [0.2, 0.25) is 0 Å². The third-order valence-electron chi connectivity index (χ3n) is 6.48. The van der Waals surface area contributed by atoms with Crippen LogP contribution in [0.3, 0.4) is 0 Å². The number of ether oxygens (including phenoxy) is 1. The molecule has 2 heterocycles. The summed E-state index contributed by atoms with van der Waals surface area (Å²) in [6, 6.07) is 4.34. The lowest BCUT2D eigenvalue weighted by Gasteiger charge is -2.33. The van der Waals surface area contributed by atoms with Gasteiger partial charge in [0.1, 0.15) is 11.5 Å². The number of allylic oxidation sites excluding steroid dienone is 8.